The van der Waals surface area contributed by atoms with Gasteiger partial charge >= 0.3 is 0 Å². The van der Waals surface area contributed by atoms with E-state index in [4.69, 9.17) is 0 Å². The van der Waals surface area contributed by atoms with Crippen molar-refractivity contribution in [1.29, 1.82) is 0 Å². The zero-order chi connectivity index (χ0) is 21.9. The third-order valence-corrected chi connectivity index (χ3v) is 6.61. The van der Waals surface area contributed by atoms with E-state index in [1.807, 2.05) is 0 Å². The van der Waals surface area contributed by atoms with Gasteiger partial charge in [-0.25, -0.2) is 21.2 Å². The summed E-state index contributed by atoms with van der Waals surface area (Å²) in [5, 5.41) is 2.54. The van der Waals surface area contributed by atoms with E-state index < -0.39 is 31.6 Å². The van der Waals surface area contributed by atoms with Crippen LogP contribution in [0.1, 0.15) is 10.4 Å². The Morgan fingerprint density at radius 3 is 2.03 bits per heavy atom. The fourth-order valence-electron chi connectivity index (χ4n) is 2.61. The topological polar surface area (TPSA) is 109 Å². The average molecular weight is 448 g/mol. The molecule has 1 amide bonds. The lowest BCUT2D eigenvalue weighted by molar-refractivity contribution is 0.102. The number of hydrogen-bond acceptors (Lipinski definition) is 5. The molecular weight excluding hydrogens is 431 g/mol. The summed E-state index contributed by atoms with van der Waals surface area (Å²) in [6.07, 6.45) is 1.04. The Hall–Kier alpha value is -3.24. The largest absolute Gasteiger partial charge is 0.321 e. The highest BCUT2D eigenvalue weighted by Gasteiger charge is 2.17. The van der Waals surface area contributed by atoms with E-state index in [9.17, 15) is 26.0 Å². The van der Waals surface area contributed by atoms with Crippen molar-refractivity contribution in [2.75, 3.05) is 16.3 Å². The first-order chi connectivity index (χ1) is 14.1. The van der Waals surface area contributed by atoms with Gasteiger partial charge in [-0.05, 0) is 60.7 Å². The van der Waals surface area contributed by atoms with E-state index in [1.54, 1.807) is 12.1 Å². The Morgan fingerprint density at radius 1 is 0.833 bits per heavy atom. The molecule has 30 heavy (non-hydrogen) atoms. The number of halogens is 1. The fourth-order valence-corrected chi connectivity index (χ4v) is 4.51. The Kier molecular flexibility index (Phi) is 5.90. The quantitative estimate of drug-likeness (QED) is 0.601. The number of carbonyl (C=O) groups excluding carboxylic acids is 1. The third-order valence-electron chi connectivity index (χ3n) is 4.06. The first-order valence-electron chi connectivity index (χ1n) is 8.55. The Labute approximate surface area is 173 Å². The van der Waals surface area contributed by atoms with Gasteiger partial charge in [0.25, 0.3) is 15.9 Å². The number of hydrogen-bond donors (Lipinski definition) is 2. The smallest absolute Gasteiger partial charge is 0.261 e. The normalized spacial score (nSPS) is 11.7. The molecule has 0 atom stereocenters. The van der Waals surface area contributed by atoms with Crippen molar-refractivity contribution in [2.24, 2.45) is 0 Å². The maximum atomic E-state index is 13.0. The number of sulfonamides is 1. The first kappa shape index (κ1) is 21.5. The first-order valence-corrected chi connectivity index (χ1v) is 11.9. The molecule has 3 aromatic rings. The van der Waals surface area contributed by atoms with E-state index in [2.05, 4.69) is 10.0 Å². The fraction of sp³-hybridized carbons (Fsp3) is 0.0500. The zero-order valence-electron chi connectivity index (χ0n) is 15.7. The molecule has 3 rings (SSSR count). The standard InChI is InChI=1S/C20H17FN2O5S2/c1-29(25,26)19-5-3-2-4-18(19)22-20(24)14-6-10-16(11-7-14)23-30(27,28)17-12-8-15(21)9-13-17/h2-13,23H,1H3,(H,22,24). The lowest BCUT2D eigenvalue weighted by Gasteiger charge is -2.11. The molecule has 0 aromatic heterocycles. The highest BCUT2D eigenvalue weighted by atomic mass is 32.2. The minimum Gasteiger partial charge on any atom is -0.321 e. The predicted molar refractivity (Wildman–Crippen MR) is 111 cm³/mol. The van der Waals surface area contributed by atoms with Crippen LogP contribution in [0.15, 0.2) is 82.6 Å². The van der Waals surface area contributed by atoms with Crippen molar-refractivity contribution in [3.8, 4) is 0 Å². The Balaban J connectivity index is 1.76. The molecule has 0 unspecified atom stereocenters. The third kappa shape index (κ3) is 5.02. The van der Waals surface area contributed by atoms with Gasteiger partial charge in [0, 0.05) is 17.5 Å². The van der Waals surface area contributed by atoms with Crippen molar-refractivity contribution in [3.05, 3.63) is 84.2 Å². The maximum Gasteiger partial charge on any atom is 0.261 e. The van der Waals surface area contributed by atoms with E-state index in [1.165, 1.54) is 36.4 Å². The minimum absolute atomic E-state index is 0.0120. The van der Waals surface area contributed by atoms with Crippen LogP contribution in [-0.2, 0) is 19.9 Å². The molecule has 0 aliphatic rings. The van der Waals surface area contributed by atoms with Crippen LogP contribution >= 0.6 is 0 Å². The van der Waals surface area contributed by atoms with Crippen molar-refractivity contribution in [3.63, 3.8) is 0 Å². The molecule has 0 saturated carbocycles. The SMILES string of the molecule is CS(=O)(=O)c1ccccc1NC(=O)c1ccc(NS(=O)(=O)c2ccc(F)cc2)cc1. The van der Waals surface area contributed by atoms with Gasteiger partial charge in [-0.3, -0.25) is 9.52 Å². The Bertz CT molecular complexity index is 1290. The monoisotopic (exact) mass is 448 g/mol. The van der Waals surface area contributed by atoms with Gasteiger partial charge in [0.1, 0.15) is 5.82 Å². The minimum atomic E-state index is -3.92. The highest BCUT2D eigenvalue weighted by molar-refractivity contribution is 7.92. The van der Waals surface area contributed by atoms with Crippen LogP contribution in [0.2, 0.25) is 0 Å². The van der Waals surface area contributed by atoms with Crippen LogP contribution in [0, 0.1) is 5.82 Å². The van der Waals surface area contributed by atoms with Gasteiger partial charge in [0.05, 0.1) is 15.5 Å². The number of para-hydroxylation sites is 1. The second-order valence-corrected chi connectivity index (χ2v) is 10.0. The summed E-state index contributed by atoms with van der Waals surface area (Å²) in [4.78, 5) is 12.3. The molecule has 0 saturated heterocycles. The van der Waals surface area contributed by atoms with Gasteiger partial charge in [-0.1, -0.05) is 12.1 Å². The highest BCUT2D eigenvalue weighted by Crippen LogP contribution is 2.22. The molecule has 0 aliphatic carbocycles. The van der Waals surface area contributed by atoms with Crippen molar-refractivity contribution in [2.45, 2.75) is 9.79 Å². The summed E-state index contributed by atoms with van der Waals surface area (Å²) in [5.74, 6) is -1.11. The lowest BCUT2D eigenvalue weighted by Crippen LogP contribution is -2.15. The molecule has 156 valence electrons. The zero-order valence-corrected chi connectivity index (χ0v) is 17.3. The molecule has 7 nitrogen and oxygen atoms in total. The van der Waals surface area contributed by atoms with Crippen LogP contribution in [0.5, 0.6) is 0 Å². The van der Waals surface area contributed by atoms with E-state index in [-0.39, 0.29) is 26.7 Å². The molecule has 0 spiro atoms. The van der Waals surface area contributed by atoms with Gasteiger partial charge in [-0.15, -0.1) is 0 Å². The van der Waals surface area contributed by atoms with Crippen molar-refractivity contribution in [1.82, 2.24) is 0 Å². The number of benzene rings is 3. The molecule has 10 heteroatoms. The summed E-state index contributed by atoms with van der Waals surface area (Å²) in [6.45, 7) is 0. The molecular formula is C20H17FN2O5S2. The van der Waals surface area contributed by atoms with Crippen LogP contribution in [-0.4, -0.2) is 29.0 Å². The predicted octanol–water partition coefficient (Wildman–Crippen LogP) is 3.28. The average Bonchev–Trinajstić information content (AvgIpc) is 2.68. The summed E-state index contributed by atoms with van der Waals surface area (Å²) in [7, 11) is -7.45. The number of rotatable bonds is 6. The number of sulfone groups is 1. The summed E-state index contributed by atoms with van der Waals surface area (Å²) in [5.41, 5.74) is 0.543. The summed E-state index contributed by atoms with van der Waals surface area (Å²) in [6, 6.07) is 15.9. The summed E-state index contributed by atoms with van der Waals surface area (Å²) >= 11 is 0. The lowest BCUT2D eigenvalue weighted by atomic mass is 10.2. The van der Waals surface area contributed by atoms with E-state index >= 15 is 0 Å². The van der Waals surface area contributed by atoms with Gasteiger partial charge < -0.3 is 5.32 Å². The molecule has 0 aliphatic heterocycles. The van der Waals surface area contributed by atoms with Gasteiger partial charge in [-0.2, -0.15) is 0 Å². The molecule has 0 radical (unpaired) electrons. The van der Waals surface area contributed by atoms with Gasteiger partial charge in [0.15, 0.2) is 9.84 Å². The molecule has 2 N–H and O–H groups in total. The molecule has 0 bridgehead atoms. The van der Waals surface area contributed by atoms with Crippen LogP contribution < -0.4 is 10.0 Å². The molecule has 0 fully saturated rings. The van der Waals surface area contributed by atoms with Crippen LogP contribution in [0.25, 0.3) is 0 Å². The second kappa shape index (κ2) is 8.25. The number of carbonyl (C=O) groups is 1. The Morgan fingerprint density at radius 2 is 1.43 bits per heavy atom. The van der Waals surface area contributed by atoms with Crippen LogP contribution in [0.3, 0.4) is 0 Å². The van der Waals surface area contributed by atoms with E-state index in [0.717, 1.165) is 30.5 Å². The molecule has 0 heterocycles. The number of nitrogens with one attached hydrogen (secondary N) is 2. The van der Waals surface area contributed by atoms with E-state index in [0.29, 0.717) is 0 Å². The van der Waals surface area contributed by atoms with Crippen molar-refractivity contribution >= 4 is 37.1 Å². The van der Waals surface area contributed by atoms with Crippen molar-refractivity contribution < 1.29 is 26.0 Å². The van der Waals surface area contributed by atoms with Crippen LogP contribution in [0.4, 0.5) is 15.8 Å². The maximum absolute atomic E-state index is 13.0. The number of amides is 1. The summed E-state index contributed by atoms with van der Waals surface area (Å²) < 4.78 is 63.7. The second-order valence-electron chi connectivity index (χ2n) is 6.36. The molecule has 3 aromatic carbocycles. The number of anilines is 2. The van der Waals surface area contributed by atoms with Gasteiger partial charge in [0.2, 0.25) is 0 Å².